The Hall–Kier alpha value is -1.26. The van der Waals surface area contributed by atoms with Gasteiger partial charge in [-0.3, -0.25) is 4.79 Å². The Bertz CT molecular complexity index is 282. The summed E-state index contributed by atoms with van der Waals surface area (Å²) in [6.45, 7) is 5.43. The smallest absolute Gasteiger partial charge is 0.407 e. The molecule has 0 aromatic heterocycles. The number of nitrogens with one attached hydrogen (secondary N) is 1. The van der Waals surface area contributed by atoms with Gasteiger partial charge in [0.25, 0.3) is 0 Å². The van der Waals surface area contributed by atoms with Gasteiger partial charge in [-0.1, -0.05) is 0 Å². The Balaban J connectivity index is 2.21. The molecule has 0 saturated heterocycles. The second-order valence-electron chi connectivity index (χ2n) is 5.03. The topological polar surface area (TPSA) is 64.6 Å². The van der Waals surface area contributed by atoms with Gasteiger partial charge in [-0.25, -0.2) is 4.79 Å². The lowest BCUT2D eigenvalue weighted by Crippen LogP contribution is -2.34. The summed E-state index contributed by atoms with van der Waals surface area (Å²) in [6.07, 6.45) is 0.746. The SMILES string of the molecule is COC(=O)C[C@H]1C[C@H]1NC(=O)OC(C)(C)C. The number of rotatable bonds is 3. The summed E-state index contributed by atoms with van der Waals surface area (Å²) < 4.78 is 9.65. The van der Waals surface area contributed by atoms with Crippen LogP contribution >= 0.6 is 0 Å². The van der Waals surface area contributed by atoms with Crippen LogP contribution in [0.25, 0.3) is 0 Å². The van der Waals surface area contributed by atoms with Crippen molar-refractivity contribution in [2.75, 3.05) is 7.11 Å². The maximum atomic E-state index is 11.4. The molecular weight excluding hydrogens is 210 g/mol. The number of carbonyl (C=O) groups is 2. The van der Waals surface area contributed by atoms with Gasteiger partial charge in [0.05, 0.1) is 13.5 Å². The number of ether oxygens (including phenoxy) is 2. The molecule has 16 heavy (non-hydrogen) atoms. The van der Waals surface area contributed by atoms with Gasteiger partial charge >= 0.3 is 12.1 Å². The molecule has 0 aromatic rings. The van der Waals surface area contributed by atoms with Crippen molar-refractivity contribution in [2.45, 2.75) is 45.3 Å². The van der Waals surface area contributed by atoms with Crippen molar-refractivity contribution in [1.29, 1.82) is 0 Å². The van der Waals surface area contributed by atoms with Crippen LogP contribution in [0.15, 0.2) is 0 Å². The third-order valence-corrected chi connectivity index (χ3v) is 2.28. The lowest BCUT2D eigenvalue weighted by molar-refractivity contribution is -0.141. The van der Waals surface area contributed by atoms with Crippen LogP contribution in [0.2, 0.25) is 0 Å². The molecule has 1 saturated carbocycles. The van der Waals surface area contributed by atoms with Crippen molar-refractivity contribution in [3.63, 3.8) is 0 Å². The Morgan fingerprint density at radius 3 is 2.50 bits per heavy atom. The maximum absolute atomic E-state index is 11.4. The first kappa shape index (κ1) is 12.8. The first-order chi connectivity index (χ1) is 7.31. The summed E-state index contributed by atoms with van der Waals surface area (Å²) in [6, 6.07) is 0.0500. The van der Waals surface area contributed by atoms with Crippen molar-refractivity contribution in [3.8, 4) is 0 Å². The van der Waals surface area contributed by atoms with E-state index in [0.717, 1.165) is 6.42 Å². The fourth-order valence-corrected chi connectivity index (χ4v) is 1.41. The molecule has 1 rings (SSSR count). The molecule has 0 aromatic carbocycles. The van der Waals surface area contributed by atoms with Gasteiger partial charge in [0.2, 0.25) is 0 Å². The summed E-state index contributed by atoms with van der Waals surface area (Å²) >= 11 is 0. The quantitative estimate of drug-likeness (QED) is 0.744. The van der Waals surface area contributed by atoms with Crippen LogP contribution in [0.5, 0.6) is 0 Å². The van der Waals surface area contributed by atoms with Gasteiger partial charge < -0.3 is 14.8 Å². The standard InChI is InChI=1S/C11H19NO4/c1-11(2,3)16-10(14)12-8-5-7(8)6-9(13)15-4/h7-8H,5-6H2,1-4H3,(H,12,14)/t7-,8-/m1/s1. The van der Waals surface area contributed by atoms with E-state index in [2.05, 4.69) is 10.1 Å². The fraction of sp³-hybridized carbons (Fsp3) is 0.818. The Labute approximate surface area is 95.5 Å². The first-order valence-corrected chi connectivity index (χ1v) is 5.38. The molecule has 0 bridgehead atoms. The van der Waals surface area contributed by atoms with Crippen molar-refractivity contribution in [2.24, 2.45) is 5.92 Å². The van der Waals surface area contributed by atoms with E-state index in [1.165, 1.54) is 7.11 Å². The molecule has 0 aliphatic heterocycles. The second kappa shape index (κ2) is 4.72. The molecule has 1 aliphatic rings. The molecule has 5 nitrogen and oxygen atoms in total. The van der Waals surface area contributed by atoms with E-state index in [1.54, 1.807) is 0 Å². The number of amides is 1. The Morgan fingerprint density at radius 2 is 2.00 bits per heavy atom. The van der Waals surface area contributed by atoms with Crippen molar-refractivity contribution < 1.29 is 19.1 Å². The highest BCUT2D eigenvalue weighted by molar-refractivity contribution is 5.71. The minimum absolute atomic E-state index is 0.0500. The molecule has 1 aliphatic carbocycles. The average Bonchev–Trinajstić information content (AvgIpc) is 2.79. The average molecular weight is 229 g/mol. The number of hydrogen-bond donors (Lipinski definition) is 1. The predicted octanol–water partition coefficient (Wildman–Crippen LogP) is 1.46. The number of carbonyl (C=O) groups excluding carboxylic acids is 2. The Kier molecular flexibility index (Phi) is 3.78. The molecule has 0 heterocycles. The van der Waals surface area contributed by atoms with Gasteiger partial charge in [-0.2, -0.15) is 0 Å². The summed E-state index contributed by atoms with van der Waals surface area (Å²) in [7, 11) is 1.36. The highest BCUT2D eigenvalue weighted by atomic mass is 16.6. The van der Waals surface area contributed by atoms with Crippen molar-refractivity contribution in [3.05, 3.63) is 0 Å². The van der Waals surface area contributed by atoms with Crippen LogP contribution in [-0.4, -0.2) is 30.8 Å². The fourth-order valence-electron chi connectivity index (χ4n) is 1.41. The first-order valence-electron chi connectivity index (χ1n) is 5.38. The zero-order chi connectivity index (χ0) is 12.3. The zero-order valence-electron chi connectivity index (χ0n) is 10.2. The van der Waals surface area contributed by atoms with E-state index >= 15 is 0 Å². The van der Waals surface area contributed by atoms with E-state index in [0.29, 0.717) is 6.42 Å². The summed E-state index contributed by atoms with van der Waals surface area (Å²) in [5.41, 5.74) is -0.489. The largest absolute Gasteiger partial charge is 0.469 e. The molecule has 1 fully saturated rings. The van der Waals surface area contributed by atoms with Crippen LogP contribution in [0.1, 0.15) is 33.6 Å². The second-order valence-corrected chi connectivity index (χ2v) is 5.03. The molecule has 5 heteroatoms. The molecule has 1 N–H and O–H groups in total. The summed E-state index contributed by atoms with van der Waals surface area (Å²) in [5, 5.41) is 2.72. The van der Waals surface area contributed by atoms with Crippen LogP contribution in [0.3, 0.4) is 0 Å². The van der Waals surface area contributed by atoms with Crippen LogP contribution < -0.4 is 5.32 Å². The third kappa shape index (κ3) is 4.51. The molecule has 0 radical (unpaired) electrons. The normalized spacial score (nSPS) is 23.5. The van der Waals surface area contributed by atoms with E-state index in [1.807, 2.05) is 20.8 Å². The number of methoxy groups -OCH3 is 1. The van der Waals surface area contributed by atoms with E-state index in [9.17, 15) is 9.59 Å². The molecule has 1 amide bonds. The molecule has 92 valence electrons. The van der Waals surface area contributed by atoms with Crippen LogP contribution in [0.4, 0.5) is 4.79 Å². The van der Waals surface area contributed by atoms with Gasteiger partial charge in [0, 0.05) is 6.04 Å². The number of esters is 1. The third-order valence-electron chi connectivity index (χ3n) is 2.28. The van der Waals surface area contributed by atoms with Crippen LogP contribution in [-0.2, 0) is 14.3 Å². The predicted molar refractivity (Wildman–Crippen MR) is 57.9 cm³/mol. The van der Waals surface area contributed by atoms with Gasteiger partial charge in [0.1, 0.15) is 5.60 Å². The maximum Gasteiger partial charge on any atom is 0.407 e. The number of alkyl carbamates (subject to hydrolysis) is 1. The van der Waals surface area contributed by atoms with Crippen molar-refractivity contribution >= 4 is 12.1 Å². The highest BCUT2D eigenvalue weighted by Gasteiger charge is 2.40. The molecule has 0 unspecified atom stereocenters. The van der Waals surface area contributed by atoms with Gasteiger partial charge in [-0.05, 0) is 33.1 Å². The zero-order valence-corrected chi connectivity index (χ0v) is 10.2. The van der Waals surface area contributed by atoms with Crippen molar-refractivity contribution in [1.82, 2.24) is 5.32 Å². The molecule has 0 spiro atoms. The minimum atomic E-state index is -0.489. The van der Waals surface area contributed by atoms with E-state index in [-0.39, 0.29) is 17.9 Å². The highest BCUT2D eigenvalue weighted by Crippen LogP contribution is 2.34. The minimum Gasteiger partial charge on any atom is -0.469 e. The Morgan fingerprint density at radius 1 is 1.38 bits per heavy atom. The van der Waals surface area contributed by atoms with E-state index in [4.69, 9.17) is 4.74 Å². The van der Waals surface area contributed by atoms with Gasteiger partial charge in [0.15, 0.2) is 0 Å². The lowest BCUT2D eigenvalue weighted by atomic mass is 10.2. The number of hydrogen-bond acceptors (Lipinski definition) is 4. The van der Waals surface area contributed by atoms with Gasteiger partial charge in [-0.15, -0.1) is 0 Å². The molecular formula is C11H19NO4. The lowest BCUT2D eigenvalue weighted by Gasteiger charge is -2.19. The summed E-state index contributed by atoms with van der Waals surface area (Å²) in [5.74, 6) is -0.0431. The molecule has 2 atom stereocenters. The monoisotopic (exact) mass is 229 g/mol. The van der Waals surface area contributed by atoms with Crippen LogP contribution in [0, 0.1) is 5.92 Å². The van der Waals surface area contributed by atoms with E-state index < -0.39 is 11.7 Å². The summed E-state index contributed by atoms with van der Waals surface area (Å²) in [4.78, 5) is 22.3.